The smallest absolute Gasteiger partial charge is 0.0656 e. The molecule has 1 unspecified atom stereocenters. The number of hydrogen-bond donors (Lipinski definition) is 1. The van der Waals surface area contributed by atoms with E-state index in [1.54, 1.807) is 0 Å². The maximum absolute atomic E-state index is 4.62. The molecule has 0 amide bonds. The van der Waals surface area contributed by atoms with Crippen LogP contribution in [0.25, 0.3) is 6.08 Å². The van der Waals surface area contributed by atoms with Crippen molar-refractivity contribution in [2.45, 2.75) is 26.2 Å². The molecule has 1 N–H and O–H groups in total. The SMILES string of the molecule is C=Cc1nc(C(CC)CNC)ccc1C. The highest BCUT2D eigenvalue weighted by molar-refractivity contribution is 5.47. The van der Waals surface area contributed by atoms with E-state index in [0.717, 1.165) is 24.4 Å². The number of aromatic nitrogens is 1. The van der Waals surface area contributed by atoms with Crippen molar-refractivity contribution in [3.63, 3.8) is 0 Å². The van der Waals surface area contributed by atoms with Crippen LogP contribution in [-0.2, 0) is 0 Å². The molecule has 2 heteroatoms. The third-order valence-corrected chi connectivity index (χ3v) is 2.71. The van der Waals surface area contributed by atoms with Crippen molar-refractivity contribution in [1.82, 2.24) is 10.3 Å². The zero-order valence-electron chi connectivity index (χ0n) is 9.88. The molecule has 0 saturated carbocycles. The summed E-state index contributed by atoms with van der Waals surface area (Å²) in [7, 11) is 1.98. The maximum atomic E-state index is 4.62. The third kappa shape index (κ3) is 2.90. The molecule has 0 saturated heterocycles. The van der Waals surface area contributed by atoms with Crippen molar-refractivity contribution >= 4 is 6.08 Å². The van der Waals surface area contributed by atoms with Gasteiger partial charge in [0.05, 0.1) is 5.69 Å². The Labute approximate surface area is 92.4 Å². The molecule has 0 aliphatic heterocycles. The lowest BCUT2D eigenvalue weighted by Crippen LogP contribution is -2.17. The van der Waals surface area contributed by atoms with E-state index < -0.39 is 0 Å². The molecule has 0 fully saturated rings. The van der Waals surface area contributed by atoms with Gasteiger partial charge in [-0.25, -0.2) is 0 Å². The Kier molecular flexibility index (Phi) is 4.50. The first-order chi connectivity index (χ1) is 7.22. The number of nitrogens with zero attached hydrogens (tertiary/aromatic N) is 1. The summed E-state index contributed by atoms with van der Waals surface area (Å²) in [6, 6.07) is 4.24. The fourth-order valence-corrected chi connectivity index (χ4v) is 1.70. The Bertz CT molecular complexity index is 331. The monoisotopic (exact) mass is 204 g/mol. The number of hydrogen-bond acceptors (Lipinski definition) is 2. The molecule has 0 radical (unpaired) electrons. The van der Waals surface area contributed by atoms with Crippen molar-refractivity contribution in [1.29, 1.82) is 0 Å². The topological polar surface area (TPSA) is 24.9 Å². The van der Waals surface area contributed by atoms with E-state index in [4.69, 9.17) is 0 Å². The molecule has 2 nitrogen and oxygen atoms in total. The molecule has 0 aliphatic carbocycles. The van der Waals surface area contributed by atoms with Gasteiger partial charge in [-0.05, 0) is 38.1 Å². The third-order valence-electron chi connectivity index (χ3n) is 2.71. The van der Waals surface area contributed by atoms with Gasteiger partial charge in [0.15, 0.2) is 0 Å². The number of nitrogens with one attached hydrogen (secondary N) is 1. The maximum Gasteiger partial charge on any atom is 0.0656 e. The van der Waals surface area contributed by atoms with Crippen LogP contribution in [-0.4, -0.2) is 18.6 Å². The minimum absolute atomic E-state index is 0.495. The summed E-state index contributed by atoms with van der Waals surface area (Å²) in [6.45, 7) is 9.02. The van der Waals surface area contributed by atoms with Gasteiger partial charge in [0.2, 0.25) is 0 Å². The molecule has 0 bridgehead atoms. The summed E-state index contributed by atoms with van der Waals surface area (Å²) in [5.41, 5.74) is 3.35. The summed E-state index contributed by atoms with van der Waals surface area (Å²) < 4.78 is 0. The Morgan fingerprint density at radius 1 is 1.53 bits per heavy atom. The highest BCUT2D eigenvalue weighted by Crippen LogP contribution is 2.18. The normalized spacial score (nSPS) is 12.5. The summed E-state index contributed by atoms with van der Waals surface area (Å²) in [5, 5.41) is 3.20. The zero-order valence-corrected chi connectivity index (χ0v) is 9.88. The van der Waals surface area contributed by atoms with E-state index in [2.05, 4.69) is 42.9 Å². The number of pyridine rings is 1. The molecule has 1 aromatic rings. The lowest BCUT2D eigenvalue weighted by molar-refractivity contribution is 0.596. The largest absolute Gasteiger partial charge is 0.319 e. The first kappa shape index (κ1) is 11.9. The minimum atomic E-state index is 0.495. The van der Waals surface area contributed by atoms with Gasteiger partial charge in [-0.1, -0.05) is 19.6 Å². The fourth-order valence-electron chi connectivity index (χ4n) is 1.70. The quantitative estimate of drug-likeness (QED) is 0.797. The average Bonchev–Trinajstić information content (AvgIpc) is 2.27. The van der Waals surface area contributed by atoms with Gasteiger partial charge in [-0.2, -0.15) is 0 Å². The molecule has 15 heavy (non-hydrogen) atoms. The summed E-state index contributed by atoms with van der Waals surface area (Å²) >= 11 is 0. The molecule has 0 aliphatic rings. The molecule has 82 valence electrons. The molecule has 1 atom stereocenters. The van der Waals surface area contributed by atoms with Crippen molar-refractivity contribution < 1.29 is 0 Å². The summed E-state index contributed by atoms with van der Waals surface area (Å²) in [5.74, 6) is 0.495. The highest BCUT2D eigenvalue weighted by atomic mass is 14.8. The molecule has 0 aromatic carbocycles. The van der Waals surface area contributed by atoms with Crippen LogP contribution in [0.15, 0.2) is 18.7 Å². The zero-order chi connectivity index (χ0) is 11.3. The van der Waals surface area contributed by atoms with E-state index in [0.29, 0.717) is 5.92 Å². The van der Waals surface area contributed by atoms with Crippen LogP contribution in [0.3, 0.4) is 0 Å². The van der Waals surface area contributed by atoms with Crippen LogP contribution in [0.4, 0.5) is 0 Å². The van der Waals surface area contributed by atoms with Gasteiger partial charge in [0.1, 0.15) is 0 Å². The highest BCUT2D eigenvalue weighted by Gasteiger charge is 2.10. The number of rotatable bonds is 5. The van der Waals surface area contributed by atoms with Gasteiger partial charge in [-0.3, -0.25) is 4.98 Å². The molecule has 1 rings (SSSR count). The van der Waals surface area contributed by atoms with Crippen molar-refractivity contribution in [2.24, 2.45) is 0 Å². The summed E-state index contributed by atoms with van der Waals surface area (Å²) in [4.78, 5) is 4.62. The standard InChI is InChI=1S/C13H20N2/c1-5-11(9-14-4)13-8-7-10(3)12(6-2)15-13/h6-8,11,14H,2,5,9H2,1,3-4H3. The van der Waals surface area contributed by atoms with Crippen LogP contribution in [0, 0.1) is 6.92 Å². The first-order valence-electron chi connectivity index (χ1n) is 5.47. The van der Waals surface area contributed by atoms with E-state index >= 15 is 0 Å². The Morgan fingerprint density at radius 3 is 2.80 bits per heavy atom. The minimum Gasteiger partial charge on any atom is -0.319 e. The van der Waals surface area contributed by atoms with E-state index in [1.807, 2.05) is 13.1 Å². The summed E-state index contributed by atoms with van der Waals surface area (Å²) in [6.07, 6.45) is 2.93. The van der Waals surface area contributed by atoms with Gasteiger partial charge in [0, 0.05) is 18.2 Å². The predicted octanol–water partition coefficient (Wildman–Crippen LogP) is 2.75. The van der Waals surface area contributed by atoms with Crippen LogP contribution in [0.2, 0.25) is 0 Å². The molecule has 1 aromatic heterocycles. The molecule has 0 spiro atoms. The lowest BCUT2D eigenvalue weighted by atomic mass is 10.0. The average molecular weight is 204 g/mol. The van der Waals surface area contributed by atoms with Crippen molar-refractivity contribution in [3.8, 4) is 0 Å². The molecule has 1 heterocycles. The van der Waals surface area contributed by atoms with Gasteiger partial charge >= 0.3 is 0 Å². The van der Waals surface area contributed by atoms with Gasteiger partial charge in [0.25, 0.3) is 0 Å². The van der Waals surface area contributed by atoms with Gasteiger partial charge < -0.3 is 5.32 Å². The predicted molar refractivity (Wildman–Crippen MR) is 66.0 cm³/mol. The Hall–Kier alpha value is -1.15. The number of aryl methyl sites for hydroxylation is 1. The van der Waals surface area contributed by atoms with Crippen molar-refractivity contribution in [2.75, 3.05) is 13.6 Å². The van der Waals surface area contributed by atoms with Crippen LogP contribution in [0.1, 0.15) is 36.2 Å². The Morgan fingerprint density at radius 2 is 2.27 bits per heavy atom. The molecular weight excluding hydrogens is 184 g/mol. The second kappa shape index (κ2) is 5.66. The second-order valence-electron chi connectivity index (χ2n) is 3.81. The van der Waals surface area contributed by atoms with Crippen LogP contribution >= 0.6 is 0 Å². The van der Waals surface area contributed by atoms with E-state index in [9.17, 15) is 0 Å². The lowest BCUT2D eigenvalue weighted by Gasteiger charge is -2.14. The van der Waals surface area contributed by atoms with Crippen molar-refractivity contribution in [3.05, 3.63) is 35.7 Å². The molecular formula is C13H20N2. The van der Waals surface area contributed by atoms with Gasteiger partial charge in [-0.15, -0.1) is 0 Å². The number of likely N-dealkylation sites (N-methyl/N-ethyl adjacent to an activating group) is 1. The van der Waals surface area contributed by atoms with Crippen LogP contribution in [0.5, 0.6) is 0 Å². The van der Waals surface area contributed by atoms with E-state index in [1.165, 1.54) is 5.56 Å². The fraction of sp³-hybridized carbons (Fsp3) is 0.462. The first-order valence-corrected chi connectivity index (χ1v) is 5.47. The Balaban J connectivity index is 2.97. The second-order valence-corrected chi connectivity index (χ2v) is 3.81. The van der Waals surface area contributed by atoms with Crippen LogP contribution < -0.4 is 5.32 Å². The van der Waals surface area contributed by atoms with E-state index in [-0.39, 0.29) is 0 Å².